The van der Waals surface area contributed by atoms with Gasteiger partial charge in [-0.05, 0) is 38.5 Å². The Labute approximate surface area is 109 Å². The summed E-state index contributed by atoms with van der Waals surface area (Å²) in [5.74, 6) is 0.398. The van der Waals surface area contributed by atoms with Gasteiger partial charge in [-0.25, -0.2) is 0 Å². The van der Waals surface area contributed by atoms with Crippen LogP contribution in [0.25, 0.3) is 0 Å². The summed E-state index contributed by atoms with van der Waals surface area (Å²) in [4.78, 5) is 24.8. The number of nitrogens with one attached hydrogen (secondary N) is 1. The molecule has 5 heteroatoms. The smallest absolute Gasteiger partial charge is 0.239 e. The molecule has 1 fully saturated rings. The molecule has 0 aliphatic heterocycles. The number of carbonyl (C=O) groups is 2. The maximum Gasteiger partial charge on any atom is 0.239 e. The minimum Gasteiger partial charge on any atom is -0.355 e. The molecule has 0 aromatic heterocycles. The first kappa shape index (κ1) is 15.0. The van der Waals surface area contributed by atoms with E-state index >= 15 is 0 Å². The van der Waals surface area contributed by atoms with Crippen molar-refractivity contribution in [2.75, 3.05) is 20.1 Å². The quantitative estimate of drug-likeness (QED) is 0.750. The van der Waals surface area contributed by atoms with Crippen LogP contribution in [0.4, 0.5) is 0 Å². The van der Waals surface area contributed by atoms with Gasteiger partial charge >= 0.3 is 0 Å². The maximum atomic E-state index is 11.9. The number of rotatable bonds is 5. The van der Waals surface area contributed by atoms with Gasteiger partial charge in [0, 0.05) is 26.1 Å². The third kappa shape index (κ3) is 5.04. The lowest BCUT2D eigenvalue weighted by atomic mass is 9.84. The molecule has 0 spiro atoms. The largest absolute Gasteiger partial charge is 0.355 e. The topological polar surface area (TPSA) is 75.4 Å². The highest BCUT2D eigenvalue weighted by atomic mass is 16.2. The number of amides is 2. The second-order valence-electron chi connectivity index (χ2n) is 5.19. The van der Waals surface area contributed by atoms with E-state index in [9.17, 15) is 9.59 Å². The average molecular weight is 255 g/mol. The van der Waals surface area contributed by atoms with E-state index in [4.69, 9.17) is 5.73 Å². The van der Waals surface area contributed by atoms with Gasteiger partial charge in [-0.2, -0.15) is 0 Å². The minimum absolute atomic E-state index is 0.0572. The molecular formula is C13H25N3O2. The second kappa shape index (κ2) is 7.36. The van der Waals surface area contributed by atoms with Crippen molar-refractivity contribution >= 4 is 11.8 Å². The normalized spacial score (nSPS) is 23.5. The standard InChI is InChI=1S/C13H25N3O2/c1-3-15-12(17)9-16(2)13(18)8-10-4-6-11(14)7-5-10/h10-11H,3-9,14H2,1-2H3,(H,15,17). The summed E-state index contributed by atoms with van der Waals surface area (Å²) in [6.07, 6.45) is 4.63. The molecule has 1 aliphatic rings. The molecule has 104 valence electrons. The Morgan fingerprint density at radius 1 is 1.28 bits per heavy atom. The Balaban J connectivity index is 2.29. The van der Waals surface area contributed by atoms with Crippen LogP contribution < -0.4 is 11.1 Å². The van der Waals surface area contributed by atoms with Crippen molar-refractivity contribution in [1.29, 1.82) is 0 Å². The molecule has 1 aliphatic carbocycles. The van der Waals surface area contributed by atoms with E-state index in [0.717, 1.165) is 25.7 Å². The molecule has 0 radical (unpaired) electrons. The third-order valence-electron chi connectivity index (χ3n) is 3.54. The lowest BCUT2D eigenvalue weighted by Gasteiger charge is -2.27. The fourth-order valence-electron chi connectivity index (χ4n) is 2.35. The first-order chi connectivity index (χ1) is 8.52. The van der Waals surface area contributed by atoms with Gasteiger partial charge in [0.05, 0.1) is 6.54 Å². The SMILES string of the molecule is CCNC(=O)CN(C)C(=O)CC1CCC(N)CC1. The van der Waals surface area contributed by atoms with E-state index in [-0.39, 0.29) is 18.4 Å². The van der Waals surface area contributed by atoms with Crippen molar-refractivity contribution in [1.82, 2.24) is 10.2 Å². The number of nitrogens with two attached hydrogens (primary N) is 1. The monoisotopic (exact) mass is 255 g/mol. The van der Waals surface area contributed by atoms with Gasteiger partial charge in [-0.1, -0.05) is 0 Å². The summed E-state index contributed by atoms with van der Waals surface area (Å²) < 4.78 is 0. The number of hydrogen-bond donors (Lipinski definition) is 2. The summed E-state index contributed by atoms with van der Waals surface area (Å²) >= 11 is 0. The molecule has 5 nitrogen and oxygen atoms in total. The second-order valence-corrected chi connectivity index (χ2v) is 5.19. The zero-order valence-electron chi connectivity index (χ0n) is 11.4. The molecule has 3 N–H and O–H groups in total. The number of carbonyl (C=O) groups excluding carboxylic acids is 2. The van der Waals surface area contributed by atoms with Crippen LogP contribution in [0, 0.1) is 5.92 Å². The molecular weight excluding hydrogens is 230 g/mol. The third-order valence-corrected chi connectivity index (χ3v) is 3.54. The van der Waals surface area contributed by atoms with Gasteiger partial charge in [0.15, 0.2) is 0 Å². The van der Waals surface area contributed by atoms with Crippen molar-refractivity contribution in [3.63, 3.8) is 0 Å². The molecule has 2 amide bonds. The lowest BCUT2D eigenvalue weighted by Crippen LogP contribution is -2.39. The van der Waals surface area contributed by atoms with Crippen LogP contribution in [0.3, 0.4) is 0 Å². The van der Waals surface area contributed by atoms with Gasteiger partial charge in [0.2, 0.25) is 11.8 Å². The fourth-order valence-corrected chi connectivity index (χ4v) is 2.35. The molecule has 18 heavy (non-hydrogen) atoms. The van der Waals surface area contributed by atoms with Crippen LogP contribution in [0.2, 0.25) is 0 Å². The summed E-state index contributed by atoms with van der Waals surface area (Å²) in [6, 6.07) is 0.310. The Kier molecular flexibility index (Phi) is 6.12. The summed E-state index contributed by atoms with van der Waals surface area (Å²) in [5, 5.41) is 2.69. The molecule has 0 atom stereocenters. The average Bonchev–Trinajstić information content (AvgIpc) is 2.32. The molecule has 0 unspecified atom stereocenters. The fraction of sp³-hybridized carbons (Fsp3) is 0.846. The highest BCUT2D eigenvalue weighted by molar-refractivity contribution is 5.84. The highest BCUT2D eigenvalue weighted by Crippen LogP contribution is 2.26. The van der Waals surface area contributed by atoms with Crippen molar-refractivity contribution in [3.8, 4) is 0 Å². The molecule has 0 aromatic rings. The Hall–Kier alpha value is -1.10. The van der Waals surface area contributed by atoms with Crippen LogP contribution in [0.15, 0.2) is 0 Å². The van der Waals surface area contributed by atoms with Crippen molar-refractivity contribution in [2.24, 2.45) is 11.7 Å². The minimum atomic E-state index is -0.0981. The first-order valence-electron chi connectivity index (χ1n) is 6.79. The Morgan fingerprint density at radius 2 is 1.89 bits per heavy atom. The molecule has 1 rings (SSSR count). The van der Waals surface area contributed by atoms with Crippen LogP contribution in [-0.4, -0.2) is 42.9 Å². The number of nitrogens with zero attached hydrogens (tertiary/aromatic N) is 1. The van der Waals surface area contributed by atoms with E-state index in [0.29, 0.717) is 24.9 Å². The van der Waals surface area contributed by atoms with Gasteiger partial charge in [-0.15, -0.1) is 0 Å². The van der Waals surface area contributed by atoms with Gasteiger partial charge in [-0.3, -0.25) is 9.59 Å². The van der Waals surface area contributed by atoms with Gasteiger partial charge in [0.1, 0.15) is 0 Å². The molecule has 0 saturated heterocycles. The lowest BCUT2D eigenvalue weighted by molar-refractivity contribution is -0.135. The predicted molar refractivity (Wildman–Crippen MR) is 70.9 cm³/mol. The van der Waals surface area contributed by atoms with Crippen molar-refractivity contribution in [3.05, 3.63) is 0 Å². The number of hydrogen-bond acceptors (Lipinski definition) is 3. The van der Waals surface area contributed by atoms with Gasteiger partial charge in [0.25, 0.3) is 0 Å². The highest BCUT2D eigenvalue weighted by Gasteiger charge is 2.22. The van der Waals surface area contributed by atoms with E-state index in [2.05, 4.69) is 5.32 Å². The van der Waals surface area contributed by atoms with Crippen molar-refractivity contribution in [2.45, 2.75) is 45.1 Å². The van der Waals surface area contributed by atoms with E-state index < -0.39 is 0 Å². The Morgan fingerprint density at radius 3 is 2.44 bits per heavy atom. The van der Waals surface area contributed by atoms with E-state index in [1.807, 2.05) is 6.92 Å². The summed E-state index contributed by atoms with van der Waals surface area (Å²) in [6.45, 7) is 2.62. The van der Waals surface area contributed by atoms with Gasteiger partial charge < -0.3 is 16.0 Å². The zero-order valence-corrected chi connectivity index (χ0v) is 11.4. The molecule has 0 heterocycles. The number of likely N-dealkylation sites (N-methyl/N-ethyl adjacent to an activating group) is 2. The van der Waals surface area contributed by atoms with E-state index in [1.165, 1.54) is 4.90 Å². The maximum absolute atomic E-state index is 11.9. The van der Waals surface area contributed by atoms with Crippen LogP contribution in [0.5, 0.6) is 0 Å². The molecule has 0 aromatic carbocycles. The summed E-state index contributed by atoms with van der Waals surface area (Å²) in [7, 11) is 1.69. The Bertz CT molecular complexity index is 286. The summed E-state index contributed by atoms with van der Waals surface area (Å²) in [5.41, 5.74) is 5.84. The molecule has 1 saturated carbocycles. The van der Waals surface area contributed by atoms with Crippen LogP contribution in [-0.2, 0) is 9.59 Å². The van der Waals surface area contributed by atoms with E-state index in [1.54, 1.807) is 7.05 Å². The first-order valence-corrected chi connectivity index (χ1v) is 6.79. The van der Waals surface area contributed by atoms with Crippen molar-refractivity contribution < 1.29 is 9.59 Å². The zero-order chi connectivity index (χ0) is 13.5. The van der Waals surface area contributed by atoms with Crippen LogP contribution >= 0.6 is 0 Å². The molecule has 0 bridgehead atoms. The predicted octanol–water partition coefficient (Wildman–Crippen LogP) is 0.489. The van der Waals surface area contributed by atoms with Crippen LogP contribution in [0.1, 0.15) is 39.0 Å².